The van der Waals surface area contributed by atoms with E-state index in [1.54, 1.807) is 6.33 Å². The third-order valence-corrected chi connectivity index (χ3v) is 8.02. The van der Waals surface area contributed by atoms with E-state index in [0.29, 0.717) is 19.6 Å². The van der Waals surface area contributed by atoms with Crippen LogP contribution < -0.4 is 10.2 Å². The Kier molecular flexibility index (Phi) is 9.37. The highest BCUT2D eigenvalue weighted by Crippen LogP contribution is 2.31. The number of piperazine rings is 1. The van der Waals surface area contributed by atoms with Crippen LogP contribution in [0.5, 0.6) is 0 Å². The number of aromatic amines is 1. The van der Waals surface area contributed by atoms with Gasteiger partial charge in [0, 0.05) is 44.5 Å². The largest absolute Gasteiger partial charge is 0.375 e. The van der Waals surface area contributed by atoms with Crippen LogP contribution in [0.25, 0.3) is 11.0 Å². The molecule has 0 spiro atoms. The van der Waals surface area contributed by atoms with E-state index < -0.39 is 0 Å². The summed E-state index contributed by atoms with van der Waals surface area (Å²) in [6.07, 6.45) is 5.69. The third kappa shape index (κ3) is 7.46. The SMILES string of the molecule is O=C(CCCc1cccc(C2CN(c3ncnc4[nH]ccc34)CCN2CCOCc2ccccc2)c1)Nc1ccccc1. The zero-order valence-electron chi connectivity index (χ0n) is 24.4. The molecular formula is C35H38N6O2. The van der Waals surface area contributed by atoms with Crippen molar-refractivity contribution in [2.45, 2.75) is 31.9 Å². The van der Waals surface area contributed by atoms with Crippen molar-refractivity contribution in [3.8, 4) is 0 Å². The van der Waals surface area contributed by atoms with Crippen LogP contribution in [-0.4, -0.2) is 58.5 Å². The second kappa shape index (κ2) is 14.1. The van der Waals surface area contributed by atoms with Crippen LogP contribution in [0.1, 0.15) is 35.6 Å². The zero-order chi connectivity index (χ0) is 29.3. The summed E-state index contributed by atoms with van der Waals surface area (Å²) in [5, 5.41) is 4.03. The number of benzene rings is 3. The molecule has 5 aromatic rings. The highest BCUT2D eigenvalue weighted by atomic mass is 16.5. The molecule has 0 radical (unpaired) electrons. The van der Waals surface area contributed by atoms with Crippen molar-refractivity contribution < 1.29 is 9.53 Å². The Morgan fingerprint density at radius 3 is 2.60 bits per heavy atom. The van der Waals surface area contributed by atoms with Gasteiger partial charge in [0.1, 0.15) is 17.8 Å². The molecule has 8 nitrogen and oxygen atoms in total. The number of hydrogen-bond donors (Lipinski definition) is 2. The number of carbonyl (C=O) groups is 1. The van der Waals surface area contributed by atoms with E-state index in [0.717, 1.165) is 61.6 Å². The van der Waals surface area contributed by atoms with Gasteiger partial charge in [-0.15, -0.1) is 0 Å². The first-order valence-corrected chi connectivity index (χ1v) is 15.1. The van der Waals surface area contributed by atoms with Crippen molar-refractivity contribution in [1.29, 1.82) is 0 Å². The molecule has 3 aromatic carbocycles. The van der Waals surface area contributed by atoms with Crippen LogP contribution in [0, 0.1) is 0 Å². The Morgan fingerprint density at radius 1 is 0.930 bits per heavy atom. The minimum atomic E-state index is 0.0490. The van der Waals surface area contributed by atoms with Gasteiger partial charge in [-0.3, -0.25) is 9.69 Å². The van der Waals surface area contributed by atoms with Crippen molar-refractivity contribution in [2.75, 3.05) is 43.0 Å². The van der Waals surface area contributed by atoms with Gasteiger partial charge in [-0.1, -0.05) is 72.8 Å². The van der Waals surface area contributed by atoms with Crippen molar-refractivity contribution in [2.24, 2.45) is 0 Å². The molecule has 1 aliphatic heterocycles. The maximum Gasteiger partial charge on any atom is 0.224 e. The Morgan fingerprint density at radius 2 is 1.74 bits per heavy atom. The van der Waals surface area contributed by atoms with Gasteiger partial charge >= 0.3 is 0 Å². The summed E-state index contributed by atoms with van der Waals surface area (Å²) in [5.74, 6) is 1.02. The number of ether oxygens (including phenoxy) is 1. The monoisotopic (exact) mass is 574 g/mol. The van der Waals surface area contributed by atoms with Gasteiger partial charge in [0.25, 0.3) is 0 Å². The number of para-hydroxylation sites is 1. The summed E-state index contributed by atoms with van der Waals surface area (Å²) in [6.45, 7) is 4.72. The highest BCUT2D eigenvalue weighted by Gasteiger charge is 2.30. The van der Waals surface area contributed by atoms with Crippen LogP contribution in [0.3, 0.4) is 0 Å². The molecule has 0 saturated carbocycles. The molecule has 3 heterocycles. The summed E-state index contributed by atoms with van der Waals surface area (Å²) in [7, 11) is 0. The normalized spacial score (nSPS) is 15.5. The lowest BCUT2D eigenvalue weighted by Gasteiger charge is -2.42. The predicted octanol–water partition coefficient (Wildman–Crippen LogP) is 6.00. The van der Waals surface area contributed by atoms with Crippen molar-refractivity contribution in [1.82, 2.24) is 19.9 Å². The number of nitrogens with zero attached hydrogens (tertiary/aromatic N) is 4. The molecule has 6 rings (SSSR count). The molecule has 8 heteroatoms. The van der Waals surface area contributed by atoms with Gasteiger partial charge in [0.05, 0.1) is 24.6 Å². The fraction of sp³-hybridized carbons (Fsp3) is 0.286. The second-order valence-electron chi connectivity index (χ2n) is 11.0. The molecule has 1 unspecified atom stereocenters. The maximum absolute atomic E-state index is 12.5. The molecule has 2 N–H and O–H groups in total. The lowest BCUT2D eigenvalue weighted by molar-refractivity contribution is -0.116. The highest BCUT2D eigenvalue weighted by molar-refractivity contribution is 5.90. The number of H-pyrrole nitrogens is 1. The van der Waals surface area contributed by atoms with Gasteiger partial charge in [0.15, 0.2) is 0 Å². The Hall–Kier alpha value is -4.53. The molecular weight excluding hydrogens is 536 g/mol. The molecule has 1 amide bonds. The Balaban J connectivity index is 1.13. The number of rotatable bonds is 12. The van der Waals surface area contributed by atoms with Crippen LogP contribution in [0.15, 0.2) is 104 Å². The predicted molar refractivity (Wildman–Crippen MR) is 171 cm³/mol. The van der Waals surface area contributed by atoms with Crippen LogP contribution in [0.2, 0.25) is 0 Å². The number of aromatic nitrogens is 3. The molecule has 1 saturated heterocycles. The van der Waals surface area contributed by atoms with Crippen molar-refractivity contribution in [3.63, 3.8) is 0 Å². The topological polar surface area (TPSA) is 86.4 Å². The number of aryl methyl sites for hydroxylation is 1. The van der Waals surface area contributed by atoms with Gasteiger partial charge < -0.3 is 19.9 Å². The lowest BCUT2D eigenvalue weighted by atomic mass is 9.97. The van der Waals surface area contributed by atoms with Crippen LogP contribution in [-0.2, 0) is 22.6 Å². The van der Waals surface area contributed by atoms with Crippen molar-refractivity contribution >= 4 is 28.4 Å². The fourth-order valence-electron chi connectivity index (χ4n) is 5.81. The molecule has 0 bridgehead atoms. The first-order valence-electron chi connectivity index (χ1n) is 15.1. The standard InChI is InChI=1S/C35H38N6O2/c42-33(39-30-14-5-2-6-15-30)16-8-12-27-11-7-13-29(23-27)32-24-41(35-31-17-18-36-34(31)37-26-38-35)20-19-40(32)21-22-43-25-28-9-3-1-4-10-28/h1-7,9-11,13-15,17-18,23,26,32H,8,12,16,19-22,24-25H2,(H,39,42)(H,36,37,38). The van der Waals surface area contributed by atoms with Gasteiger partial charge in [0.2, 0.25) is 5.91 Å². The molecule has 2 aromatic heterocycles. The fourth-order valence-corrected chi connectivity index (χ4v) is 5.81. The average molecular weight is 575 g/mol. The van der Waals surface area contributed by atoms with E-state index in [4.69, 9.17) is 4.74 Å². The van der Waals surface area contributed by atoms with Crippen LogP contribution >= 0.6 is 0 Å². The minimum absolute atomic E-state index is 0.0490. The smallest absolute Gasteiger partial charge is 0.224 e. The Labute approximate surface area is 252 Å². The Bertz CT molecular complexity index is 1610. The number of amides is 1. The summed E-state index contributed by atoms with van der Waals surface area (Å²) >= 11 is 0. The molecule has 1 fully saturated rings. The quantitative estimate of drug-likeness (QED) is 0.178. The summed E-state index contributed by atoms with van der Waals surface area (Å²) in [4.78, 5) is 29.7. The van der Waals surface area contributed by atoms with E-state index in [1.807, 2.05) is 54.7 Å². The van der Waals surface area contributed by atoms with Gasteiger partial charge in [-0.25, -0.2) is 9.97 Å². The summed E-state index contributed by atoms with van der Waals surface area (Å²) in [5.41, 5.74) is 5.41. The first-order chi connectivity index (χ1) is 21.2. The lowest BCUT2D eigenvalue weighted by Crippen LogP contribution is -2.49. The number of anilines is 2. The van der Waals surface area contributed by atoms with E-state index in [1.165, 1.54) is 16.7 Å². The summed E-state index contributed by atoms with van der Waals surface area (Å²) < 4.78 is 6.09. The van der Waals surface area contributed by atoms with Crippen molar-refractivity contribution in [3.05, 3.63) is 120 Å². The number of nitrogens with one attached hydrogen (secondary N) is 2. The van der Waals surface area contributed by atoms with Gasteiger partial charge in [-0.2, -0.15) is 0 Å². The zero-order valence-corrected chi connectivity index (χ0v) is 24.4. The third-order valence-electron chi connectivity index (χ3n) is 8.02. The van der Waals surface area contributed by atoms with Crippen LogP contribution in [0.4, 0.5) is 11.5 Å². The minimum Gasteiger partial charge on any atom is -0.375 e. The first kappa shape index (κ1) is 28.6. The summed E-state index contributed by atoms with van der Waals surface area (Å²) in [6, 6.07) is 31.0. The molecule has 43 heavy (non-hydrogen) atoms. The van der Waals surface area contributed by atoms with E-state index in [-0.39, 0.29) is 11.9 Å². The van der Waals surface area contributed by atoms with E-state index in [9.17, 15) is 4.79 Å². The second-order valence-corrected chi connectivity index (χ2v) is 11.0. The molecule has 1 aliphatic rings. The number of fused-ring (bicyclic) bond motifs is 1. The number of carbonyl (C=O) groups excluding carboxylic acids is 1. The average Bonchev–Trinajstić information content (AvgIpc) is 3.54. The maximum atomic E-state index is 12.5. The molecule has 0 aliphatic carbocycles. The van der Waals surface area contributed by atoms with E-state index in [2.05, 4.69) is 72.5 Å². The van der Waals surface area contributed by atoms with Gasteiger partial charge in [-0.05, 0) is 47.7 Å². The molecule has 1 atom stereocenters. The molecule has 220 valence electrons. The number of hydrogen-bond acceptors (Lipinski definition) is 6. The van der Waals surface area contributed by atoms with E-state index >= 15 is 0 Å².